The number of carbonyl (C=O) groups is 6. The van der Waals surface area contributed by atoms with Gasteiger partial charge in [0.2, 0.25) is 11.8 Å². The average molecular weight is 590 g/mol. The Bertz CT molecular complexity index is 1230. The first-order chi connectivity index (χ1) is 16.9. The zero-order valence-electron chi connectivity index (χ0n) is 20.5. The molecule has 2 aliphatic rings. The van der Waals surface area contributed by atoms with Crippen molar-refractivity contribution < 1.29 is 72.7 Å². The summed E-state index contributed by atoms with van der Waals surface area (Å²) in [6.45, 7) is 1.31. The molecule has 37 heavy (non-hydrogen) atoms. The molecule has 0 spiro atoms. The molecule has 198 valence electrons. The summed E-state index contributed by atoms with van der Waals surface area (Å²) in [6.07, 6.45) is 0. The summed E-state index contributed by atoms with van der Waals surface area (Å²) in [5.74, 6) is -5.09. The fraction of sp³-hybridized carbons (Fsp3) is 0.471. The van der Waals surface area contributed by atoms with Crippen molar-refractivity contribution in [3.8, 4) is 0 Å². The van der Waals surface area contributed by atoms with Crippen LogP contribution in [0.2, 0.25) is 0 Å². The quantitative estimate of drug-likeness (QED) is 0.0744. The molecule has 0 saturated carbocycles. The van der Waals surface area contributed by atoms with Crippen LogP contribution in [0.15, 0.2) is 5.38 Å². The van der Waals surface area contributed by atoms with Crippen molar-refractivity contribution in [1.29, 1.82) is 0 Å². The fourth-order valence-electron chi connectivity index (χ4n) is 3.24. The number of likely N-dealkylation sites (N-methyl/N-ethyl adjacent to an activating group) is 1. The maximum atomic E-state index is 13.0. The first-order valence-corrected chi connectivity index (χ1v) is 13.0. The standard InChI is InChI=1S/C17H20ClN7O9S2.Na.H/c1-2-23-3-4-24(15(30)14(23)29)17(31)22-11(9-7-35-16(20-9)21-10(26)5-18)12(27)19-8-6-25(13(8)28)36(32,33)34;;/h7-8,11H,2-6H2,1H3,(H,19,27)(H,22,31)(H,20,21,26)(H,32,33,34);;/q;+1;-1. The van der Waals surface area contributed by atoms with E-state index in [2.05, 4.69) is 20.9 Å². The Morgan fingerprint density at radius 1 is 1.27 bits per heavy atom. The van der Waals surface area contributed by atoms with Gasteiger partial charge in [-0.3, -0.25) is 33.4 Å². The second-order valence-corrected chi connectivity index (χ2v) is 9.85. The predicted molar refractivity (Wildman–Crippen MR) is 123 cm³/mol. The summed E-state index contributed by atoms with van der Waals surface area (Å²) >= 11 is 6.33. The van der Waals surface area contributed by atoms with Crippen molar-refractivity contribution in [2.75, 3.05) is 37.4 Å². The zero-order valence-corrected chi connectivity index (χ0v) is 23.9. The minimum absolute atomic E-state index is 0. The van der Waals surface area contributed by atoms with Crippen LogP contribution in [0.4, 0.5) is 9.93 Å². The number of halogens is 1. The van der Waals surface area contributed by atoms with Crippen LogP contribution in [0.25, 0.3) is 0 Å². The molecule has 2 aliphatic heterocycles. The molecule has 16 nitrogen and oxygen atoms in total. The maximum absolute atomic E-state index is 13.0. The van der Waals surface area contributed by atoms with Crippen molar-refractivity contribution in [2.24, 2.45) is 0 Å². The van der Waals surface area contributed by atoms with Crippen LogP contribution in [0, 0.1) is 0 Å². The normalized spacial score (nSPS) is 18.5. The van der Waals surface area contributed by atoms with E-state index in [9.17, 15) is 37.2 Å². The molecule has 2 atom stereocenters. The van der Waals surface area contributed by atoms with E-state index in [1.807, 2.05) is 0 Å². The summed E-state index contributed by atoms with van der Waals surface area (Å²) in [4.78, 5) is 79.7. The summed E-state index contributed by atoms with van der Waals surface area (Å²) in [6, 6.07) is -4.04. The predicted octanol–water partition coefficient (Wildman–Crippen LogP) is -4.99. The Morgan fingerprint density at radius 3 is 2.51 bits per heavy atom. The van der Waals surface area contributed by atoms with Crippen molar-refractivity contribution in [3.63, 3.8) is 0 Å². The zero-order chi connectivity index (χ0) is 26.8. The third-order valence-corrected chi connectivity index (χ3v) is 7.04. The van der Waals surface area contributed by atoms with Crippen LogP contribution in [0.5, 0.6) is 0 Å². The van der Waals surface area contributed by atoms with Gasteiger partial charge in [0.1, 0.15) is 11.9 Å². The van der Waals surface area contributed by atoms with Crippen LogP contribution in [0.3, 0.4) is 0 Å². The molecule has 2 saturated heterocycles. The van der Waals surface area contributed by atoms with Crippen LogP contribution >= 0.6 is 22.9 Å². The molecule has 0 aromatic carbocycles. The number of aromatic nitrogens is 1. The van der Waals surface area contributed by atoms with Crippen molar-refractivity contribution >= 4 is 73.9 Å². The van der Waals surface area contributed by atoms with Gasteiger partial charge >= 0.3 is 57.7 Å². The Labute approximate surface area is 242 Å². The van der Waals surface area contributed by atoms with Gasteiger partial charge in [0, 0.05) is 25.0 Å². The number of rotatable bonds is 8. The Hall–Kier alpha value is -2.35. The monoisotopic (exact) mass is 589 g/mol. The number of anilines is 1. The largest absolute Gasteiger partial charge is 1.00 e. The Balaban J connectivity index is 0.00000361. The van der Waals surface area contributed by atoms with E-state index < -0.39 is 64.5 Å². The summed E-state index contributed by atoms with van der Waals surface area (Å²) < 4.78 is 31.3. The van der Waals surface area contributed by atoms with Crippen molar-refractivity contribution in [1.82, 2.24) is 29.7 Å². The molecule has 2 fully saturated rings. The number of nitrogens with one attached hydrogen (secondary N) is 3. The number of piperazine rings is 1. The van der Waals surface area contributed by atoms with Crippen LogP contribution in [-0.4, -0.2) is 106 Å². The van der Waals surface area contributed by atoms with Crippen molar-refractivity contribution in [2.45, 2.75) is 19.0 Å². The van der Waals surface area contributed by atoms with Gasteiger partial charge in [0.25, 0.3) is 5.91 Å². The number of alkyl halides is 1. The fourth-order valence-corrected chi connectivity index (χ4v) is 4.75. The minimum Gasteiger partial charge on any atom is -1.00 e. The third-order valence-electron chi connectivity index (χ3n) is 5.14. The van der Waals surface area contributed by atoms with Gasteiger partial charge in [-0.05, 0) is 6.92 Å². The molecule has 20 heteroatoms. The van der Waals surface area contributed by atoms with Gasteiger partial charge in [0.15, 0.2) is 11.2 Å². The van der Waals surface area contributed by atoms with E-state index in [1.165, 1.54) is 10.3 Å². The molecule has 0 bridgehead atoms. The van der Waals surface area contributed by atoms with Gasteiger partial charge < -0.3 is 22.3 Å². The van der Waals surface area contributed by atoms with Crippen LogP contribution < -0.4 is 45.5 Å². The molecule has 1 aromatic heterocycles. The van der Waals surface area contributed by atoms with E-state index in [-0.39, 0.29) is 71.6 Å². The maximum Gasteiger partial charge on any atom is 1.00 e. The molecule has 2 unspecified atom stereocenters. The molecular weight excluding hydrogens is 569 g/mol. The number of β-lactam (4-membered cyclic amide) rings is 1. The van der Waals surface area contributed by atoms with Gasteiger partial charge in [-0.2, -0.15) is 8.42 Å². The number of thiazole rings is 1. The first kappa shape index (κ1) is 30.9. The molecule has 4 N–H and O–H groups in total. The van der Waals surface area contributed by atoms with E-state index in [0.717, 1.165) is 11.3 Å². The van der Waals surface area contributed by atoms with Gasteiger partial charge in [-0.1, -0.05) is 0 Å². The number of urea groups is 1. The van der Waals surface area contributed by atoms with Crippen LogP contribution in [-0.2, 0) is 34.3 Å². The number of amides is 7. The molecule has 3 heterocycles. The second kappa shape index (κ2) is 12.5. The summed E-state index contributed by atoms with van der Waals surface area (Å²) in [5, 5.41) is 8.20. The molecule has 1 aromatic rings. The Kier molecular flexibility index (Phi) is 10.4. The van der Waals surface area contributed by atoms with Gasteiger partial charge in [-0.25, -0.2) is 14.1 Å². The molecule has 3 rings (SSSR count). The number of carbonyl (C=O) groups excluding carboxylic acids is 6. The van der Waals surface area contributed by atoms with E-state index in [1.54, 1.807) is 6.92 Å². The van der Waals surface area contributed by atoms with E-state index in [0.29, 0.717) is 4.90 Å². The summed E-state index contributed by atoms with van der Waals surface area (Å²) in [5.41, 5.74) is -0.0971. The van der Waals surface area contributed by atoms with Gasteiger partial charge in [-0.15, -0.1) is 22.9 Å². The number of hydrogen-bond donors (Lipinski definition) is 4. The number of hydrogen-bond acceptors (Lipinski definition) is 10. The average Bonchev–Trinajstić information content (AvgIpc) is 3.27. The smallest absolute Gasteiger partial charge is 1.00 e. The minimum atomic E-state index is -4.80. The van der Waals surface area contributed by atoms with E-state index >= 15 is 0 Å². The van der Waals surface area contributed by atoms with Crippen molar-refractivity contribution in [3.05, 3.63) is 11.1 Å². The number of nitrogens with zero attached hydrogens (tertiary/aromatic N) is 4. The topological polar surface area (TPSA) is 215 Å². The Morgan fingerprint density at radius 2 is 1.95 bits per heavy atom. The molecule has 0 radical (unpaired) electrons. The third kappa shape index (κ3) is 6.95. The first-order valence-electron chi connectivity index (χ1n) is 10.2. The van der Waals surface area contributed by atoms with Gasteiger partial charge in [0.05, 0.1) is 12.2 Å². The molecular formula is C17H21ClN7NaO9S2. The summed E-state index contributed by atoms with van der Waals surface area (Å²) in [7, 11) is -4.80. The van der Waals surface area contributed by atoms with E-state index in [4.69, 9.17) is 16.2 Å². The molecule has 0 aliphatic carbocycles. The van der Waals surface area contributed by atoms with Crippen LogP contribution in [0.1, 0.15) is 20.1 Å². The second-order valence-electron chi connectivity index (χ2n) is 7.39. The molecule has 7 amide bonds. The number of imide groups is 1. The SMILES string of the molecule is CCN1CCN(C(=O)NC(C(=O)NC2CN(S(=O)(=O)O)C2=O)c2csc(NC(=O)CCl)n2)C(=O)C1=O.[H-].[Na+].